The Morgan fingerprint density at radius 1 is 1.39 bits per heavy atom. The molecule has 18 heavy (non-hydrogen) atoms. The SMILES string of the molecule is CCN(CC)C(=O)C(C)Oc1cccc(CO)c1. The van der Waals surface area contributed by atoms with E-state index in [0.29, 0.717) is 18.8 Å². The molecule has 0 spiro atoms. The molecule has 0 fully saturated rings. The van der Waals surface area contributed by atoms with E-state index in [1.807, 2.05) is 19.9 Å². The number of carbonyl (C=O) groups excluding carboxylic acids is 1. The van der Waals surface area contributed by atoms with Crippen LogP contribution >= 0.6 is 0 Å². The second-order valence-corrected chi connectivity index (χ2v) is 4.08. The van der Waals surface area contributed by atoms with Crippen molar-refractivity contribution >= 4 is 5.91 Å². The second-order valence-electron chi connectivity index (χ2n) is 4.08. The number of carbonyl (C=O) groups is 1. The molecular weight excluding hydrogens is 230 g/mol. The zero-order valence-electron chi connectivity index (χ0n) is 11.2. The third kappa shape index (κ3) is 3.74. The molecule has 1 unspecified atom stereocenters. The lowest BCUT2D eigenvalue weighted by Crippen LogP contribution is -2.40. The van der Waals surface area contributed by atoms with E-state index in [9.17, 15) is 4.79 Å². The lowest BCUT2D eigenvalue weighted by atomic mass is 10.2. The van der Waals surface area contributed by atoms with Gasteiger partial charge in [0.15, 0.2) is 6.10 Å². The van der Waals surface area contributed by atoms with Crippen LogP contribution in [0.4, 0.5) is 0 Å². The molecule has 0 radical (unpaired) electrons. The zero-order chi connectivity index (χ0) is 13.5. The fourth-order valence-electron chi connectivity index (χ4n) is 1.76. The summed E-state index contributed by atoms with van der Waals surface area (Å²) in [5.74, 6) is 0.587. The van der Waals surface area contributed by atoms with E-state index in [2.05, 4.69) is 0 Å². The quantitative estimate of drug-likeness (QED) is 0.839. The Balaban J connectivity index is 2.68. The lowest BCUT2D eigenvalue weighted by Gasteiger charge is -2.23. The van der Waals surface area contributed by atoms with Crippen molar-refractivity contribution in [3.63, 3.8) is 0 Å². The summed E-state index contributed by atoms with van der Waals surface area (Å²) in [6.45, 7) is 6.96. The molecule has 0 aliphatic heterocycles. The first-order valence-corrected chi connectivity index (χ1v) is 6.27. The van der Waals surface area contributed by atoms with Crippen molar-refractivity contribution in [2.75, 3.05) is 13.1 Å². The smallest absolute Gasteiger partial charge is 0.263 e. The molecule has 100 valence electrons. The topological polar surface area (TPSA) is 49.8 Å². The van der Waals surface area contributed by atoms with Gasteiger partial charge in [-0.2, -0.15) is 0 Å². The highest BCUT2D eigenvalue weighted by molar-refractivity contribution is 5.80. The van der Waals surface area contributed by atoms with Gasteiger partial charge in [0.1, 0.15) is 5.75 Å². The van der Waals surface area contributed by atoms with Crippen LogP contribution in [0.1, 0.15) is 26.3 Å². The summed E-state index contributed by atoms with van der Waals surface area (Å²) in [5.41, 5.74) is 0.773. The minimum absolute atomic E-state index is 0.0191. The third-order valence-electron chi connectivity index (χ3n) is 2.82. The molecule has 1 atom stereocenters. The fraction of sp³-hybridized carbons (Fsp3) is 0.500. The van der Waals surface area contributed by atoms with Crippen LogP contribution in [0.2, 0.25) is 0 Å². The van der Waals surface area contributed by atoms with Gasteiger partial charge in [-0.3, -0.25) is 4.79 Å². The predicted molar refractivity (Wildman–Crippen MR) is 70.4 cm³/mol. The summed E-state index contributed by atoms with van der Waals surface area (Å²) >= 11 is 0. The summed E-state index contributed by atoms with van der Waals surface area (Å²) in [6.07, 6.45) is -0.515. The average Bonchev–Trinajstić information content (AvgIpc) is 2.40. The number of benzene rings is 1. The predicted octanol–water partition coefficient (Wildman–Crippen LogP) is 1.81. The number of aliphatic hydroxyl groups is 1. The maximum absolute atomic E-state index is 12.0. The van der Waals surface area contributed by atoms with Gasteiger partial charge in [0, 0.05) is 13.1 Å². The zero-order valence-corrected chi connectivity index (χ0v) is 11.2. The Bertz CT molecular complexity index is 388. The first-order valence-electron chi connectivity index (χ1n) is 6.27. The summed E-state index contributed by atoms with van der Waals surface area (Å²) in [5, 5.41) is 9.04. The largest absolute Gasteiger partial charge is 0.481 e. The average molecular weight is 251 g/mol. The molecule has 4 heteroatoms. The molecule has 0 saturated heterocycles. The molecule has 1 N–H and O–H groups in total. The molecule has 0 bridgehead atoms. The third-order valence-corrected chi connectivity index (χ3v) is 2.82. The molecule has 0 heterocycles. The van der Waals surface area contributed by atoms with E-state index in [4.69, 9.17) is 9.84 Å². The standard InChI is InChI=1S/C14H21NO3/c1-4-15(5-2)14(17)11(3)18-13-8-6-7-12(9-13)10-16/h6-9,11,16H,4-5,10H2,1-3H3. The summed E-state index contributed by atoms with van der Waals surface area (Å²) < 4.78 is 5.60. The van der Waals surface area contributed by atoms with Crippen molar-refractivity contribution in [1.82, 2.24) is 4.90 Å². The van der Waals surface area contributed by atoms with E-state index in [-0.39, 0.29) is 12.5 Å². The van der Waals surface area contributed by atoms with Gasteiger partial charge in [0.05, 0.1) is 6.61 Å². The monoisotopic (exact) mass is 251 g/mol. The van der Waals surface area contributed by atoms with E-state index in [1.165, 1.54) is 0 Å². The Morgan fingerprint density at radius 2 is 2.06 bits per heavy atom. The van der Waals surface area contributed by atoms with E-state index in [0.717, 1.165) is 5.56 Å². The van der Waals surface area contributed by atoms with Crippen LogP contribution in [0.5, 0.6) is 5.75 Å². The summed E-state index contributed by atoms with van der Waals surface area (Å²) in [4.78, 5) is 13.8. The van der Waals surface area contributed by atoms with Gasteiger partial charge >= 0.3 is 0 Å². The van der Waals surface area contributed by atoms with Crippen molar-refractivity contribution in [3.8, 4) is 5.75 Å². The van der Waals surface area contributed by atoms with Crippen LogP contribution in [0.15, 0.2) is 24.3 Å². The maximum Gasteiger partial charge on any atom is 0.263 e. The van der Waals surface area contributed by atoms with Crippen molar-refractivity contribution in [3.05, 3.63) is 29.8 Å². The molecule has 0 aliphatic rings. The fourth-order valence-corrected chi connectivity index (χ4v) is 1.76. The van der Waals surface area contributed by atoms with Crippen molar-refractivity contribution in [2.45, 2.75) is 33.5 Å². The number of amides is 1. The Hall–Kier alpha value is -1.55. The van der Waals surface area contributed by atoms with Gasteiger partial charge in [0.25, 0.3) is 5.91 Å². The van der Waals surface area contributed by atoms with Gasteiger partial charge < -0.3 is 14.7 Å². The normalized spacial score (nSPS) is 12.0. The van der Waals surface area contributed by atoms with Gasteiger partial charge in [-0.25, -0.2) is 0 Å². The van der Waals surface area contributed by atoms with Crippen molar-refractivity contribution < 1.29 is 14.6 Å². The Labute approximate surface area is 108 Å². The van der Waals surface area contributed by atoms with Gasteiger partial charge in [-0.05, 0) is 38.5 Å². The number of hydrogen-bond acceptors (Lipinski definition) is 3. The first-order chi connectivity index (χ1) is 8.62. The number of aliphatic hydroxyl groups excluding tert-OH is 1. The van der Waals surface area contributed by atoms with Crippen LogP contribution in [0.3, 0.4) is 0 Å². The minimum atomic E-state index is -0.515. The first kappa shape index (κ1) is 14.5. The van der Waals surface area contributed by atoms with Gasteiger partial charge in [-0.1, -0.05) is 12.1 Å². The molecule has 1 aromatic rings. The van der Waals surface area contributed by atoms with E-state index >= 15 is 0 Å². The minimum Gasteiger partial charge on any atom is -0.481 e. The number of ether oxygens (including phenoxy) is 1. The highest BCUT2D eigenvalue weighted by atomic mass is 16.5. The number of rotatable bonds is 6. The molecule has 0 aliphatic carbocycles. The van der Waals surface area contributed by atoms with Crippen LogP contribution < -0.4 is 4.74 Å². The summed E-state index contributed by atoms with van der Waals surface area (Å²) in [7, 11) is 0. The van der Waals surface area contributed by atoms with Gasteiger partial charge in [0.2, 0.25) is 0 Å². The Kier molecular flexibility index (Phi) is 5.65. The summed E-state index contributed by atoms with van der Waals surface area (Å²) in [6, 6.07) is 7.14. The second kappa shape index (κ2) is 7.01. The lowest BCUT2D eigenvalue weighted by molar-refractivity contribution is -0.137. The molecule has 0 aromatic heterocycles. The van der Waals surface area contributed by atoms with Crippen LogP contribution in [-0.4, -0.2) is 35.1 Å². The molecule has 1 amide bonds. The number of likely N-dealkylation sites (N-methyl/N-ethyl adjacent to an activating group) is 1. The van der Waals surface area contributed by atoms with Crippen molar-refractivity contribution in [2.24, 2.45) is 0 Å². The maximum atomic E-state index is 12.0. The highest BCUT2D eigenvalue weighted by Crippen LogP contribution is 2.15. The molecular formula is C14H21NO3. The van der Waals surface area contributed by atoms with E-state index < -0.39 is 6.10 Å². The van der Waals surface area contributed by atoms with Gasteiger partial charge in [-0.15, -0.1) is 0 Å². The Morgan fingerprint density at radius 3 is 2.61 bits per heavy atom. The van der Waals surface area contributed by atoms with Crippen LogP contribution in [0.25, 0.3) is 0 Å². The number of hydrogen-bond donors (Lipinski definition) is 1. The number of nitrogens with zero attached hydrogens (tertiary/aromatic N) is 1. The van der Waals surface area contributed by atoms with Crippen molar-refractivity contribution in [1.29, 1.82) is 0 Å². The molecule has 0 saturated carbocycles. The molecule has 1 aromatic carbocycles. The van der Waals surface area contributed by atoms with Crippen LogP contribution in [0, 0.1) is 0 Å². The highest BCUT2D eigenvalue weighted by Gasteiger charge is 2.19. The van der Waals surface area contributed by atoms with Crippen LogP contribution in [-0.2, 0) is 11.4 Å². The molecule has 4 nitrogen and oxygen atoms in total. The molecule has 1 rings (SSSR count). The van der Waals surface area contributed by atoms with E-state index in [1.54, 1.807) is 30.0 Å².